The maximum absolute atomic E-state index is 12.9. The molecule has 4 N–H and O–H groups in total. The van der Waals surface area contributed by atoms with Crippen molar-refractivity contribution in [1.29, 1.82) is 0 Å². The highest BCUT2D eigenvalue weighted by atomic mass is 32.3. The van der Waals surface area contributed by atoms with E-state index in [1.165, 1.54) is 0 Å². The molecule has 13 heteroatoms. The number of allylic oxidation sites excluding steroid dienone is 22. The molecule has 6 atom stereocenters. The highest BCUT2D eigenvalue weighted by Crippen LogP contribution is 2.26. The van der Waals surface area contributed by atoms with Crippen molar-refractivity contribution in [3.63, 3.8) is 0 Å². The number of rotatable bonds is 43. The number of esters is 1. The Bertz CT molecular complexity index is 1720. The lowest BCUT2D eigenvalue weighted by molar-refractivity contribution is -0.301. The Morgan fingerprint density at radius 1 is 0.543 bits per heavy atom. The Morgan fingerprint density at radius 2 is 0.943 bits per heavy atom. The van der Waals surface area contributed by atoms with Crippen LogP contribution in [0.5, 0.6) is 0 Å². The van der Waals surface area contributed by atoms with Crippen LogP contribution in [0.15, 0.2) is 134 Å². The monoisotopic (exact) mass is 999 g/mol. The van der Waals surface area contributed by atoms with E-state index in [0.29, 0.717) is 13.0 Å². The van der Waals surface area contributed by atoms with E-state index in [1.54, 1.807) is 0 Å². The Balaban J connectivity index is 2.41. The van der Waals surface area contributed by atoms with E-state index in [9.17, 15) is 33.1 Å². The summed E-state index contributed by atoms with van der Waals surface area (Å²) in [6, 6.07) is 0. The molecule has 0 saturated carbocycles. The van der Waals surface area contributed by atoms with Gasteiger partial charge in [-0.15, -0.1) is 0 Å². The van der Waals surface area contributed by atoms with Crippen LogP contribution in [0, 0.1) is 0 Å². The van der Waals surface area contributed by atoms with Gasteiger partial charge in [0.2, 0.25) is 0 Å². The van der Waals surface area contributed by atoms with Crippen LogP contribution in [-0.4, -0.2) is 97.5 Å². The Hall–Kier alpha value is -3.76. The van der Waals surface area contributed by atoms with Gasteiger partial charge in [-0.1, -0.05) is 173 Å². The molecule has 12 nitrogen and oxygen atoms in total. The van der Waals surface area contributed by atoms with Crippen LogP contribution in [0.3, 0.4) is 0 Å². The van der Waals surface area contributed by atoms with Crippen molar-refractivity contribution in [1.82, 2.24) is 0 Å². The van der Waals surface area contributed by atoms with Crippen LogP contribution in [0.2, 0.25) is 0 Å². The smallest absolute Gasteiger partial charge is 0.397 e. The summed E-state index contributed by atoms with van der Waals surface area (Å²) in [6.45, 7) is 3.61. The van der Waals surface area contributed by atoms with Gasteiger partial charge in [0.25, 0.3) is 0 Å². The lowest BCUT2D eigenvalue weighted by atomic mass is 9.99. The molecule has 0 radical (unpaired) electrons. The molecule has 0 amide bonds. The summed E-state index contributed by atoms with van der Waals surface area (Å²) in [4.78, 5) is 12.9. The molecule has 0 aromatic rings. The van der Waals surface area contributed by atoms with Gasteiger partial charge in [-0.3, -0.25) is 9.35 Å². The van der Waals surface area contributed by atoms with Crippen molar-refractivity contribution in [2.75, 3.05) is 26.4 Å². The first-order chi connectivity index (χ1) is 34.1. The van der Waals surface area contributed by atoms with Gasteiger partial charge in [0.15, 0.2) is 6.29 Å². The van der Waals surface area contributed by atoms with Crippen LogP contribution in [0.4, 0.5) is 0 Å². The third kappa shape index (κ3) is 38.9. The zero-order valence-electron chi connectivity index (χ0n) is 42.5. The fraction of sp³-hybridized carbons (Fsp3) is 0.596. The summed E-state index contributed by atoms with van der Waals surface area (Å²) in [5.41, 5.74) is 0. The normalized spacial score (nSPS) is 20.2. The van der Waals surface area contributed by atoms with E-state index in [1.807, 2.05) is 0 Å². The number of hydrogen-bond donors (Lipinski definition) is 4. The standard InChI is InChI=1S/C57H90O12S/c1-3-5-7-9-11-13-15-17-19-21-23-24-25-26-27-28-29-30-32-34-36-38-40-42-44-46-53(59)67-51(50-66-57-55(61)56(69-70(62,63)64)54(60)52(48-58)68-57)49-65-47-45-43-41-39-37-35-33-31-22-20-18-16-14-12-10-8-6-4-2/h5-8,11-14,17-20,23-24,26-27,29-31,33,37,39,51-52,54-58,60-61H,3-4,9-10,15-16,21-22,25,28,32,34-36,38,40-50H2,1-2H3,(H,62,63,64)/b7-5-,8-6-,13-11-,14-12-,19-17-,20-18-,24-23-,27-26-,30-29-,33-31-,39-37-. The van der Waals surface area contributed by atoms with Gasteiger partial charge in [0.05, 0.1) is 19.8 Å². The van der Waals surface area contributed by atoms with Crippen molar-refractivity contribution < 1.29 is 56.2 Å². The molecule has 1 saturated heterocycles. The number of carbonyl (C=O) groups is 1. The number of carbonyl (C=O) groups excluding carboxylic acids is 1. The summed E-state index contributed by atoms with van der Waals surface area (Å²) < 4.78 is 59.2. The molecule has 396 valence electrons. The zero-order valence-corrected chi connectivity index (χ0v) is 43.3. The van der Waals surface area contributed by atoms with E-state index < -0.39 is 59.8 Å². The maximum atomic E-state index is 12.9. The van der Waals surface area contributed by atoms with Gasteiger partial charge < -0.3 is 34.3 Å². The quantitative estimate of drug-likeness (QED) is 0.0197. The minimum absolute atomic E-state index is 0.00993. The van der Waals surface area contributed by atoms with Crippen molar-refractivity contribution in [3.05, 3.63) is 134 Å². The average Bonchev–Trinajstić information content (AvgIpc) is 3.34. The van der Waals surface area contributed by atoms with Crippen molar-refractivity contribution in [2.45, 2.75) is 192 Å². The molecule has 0 bridgehead atoms. The van der Waals surface area contributed by atoms with Gasteiger partial charge in [0, 0.05) is 13.0 Å². The molecule has 1 fully saturated rings. The molecule has 0 spiro atoms. The lowest BCUT2D eigenvalue weighted by Crippen LogP contribution is -2.60. The van der Waals surface area contributed by atoms with Crippen molar-refractivity contribution in [2.24, 2.45) is 0 Å². The van der Waals surface area contributed by atoms with Crippen LogP contribution in [0.25, 0.3) is 0 Å². The number of aliphatic hydroxyl groups is 3. The predicted octanol–water partition coefficient (Wildman–Crippen LogP) is 12.3. The van der Waals surface area contributed by atoms with Gasteiger partial charge in [-0.05, 0) is 109 Å². The van der Waals surface area contributed by atoms with Crippen LogP contribution in [0.1, 0.15) is 155 Å². The molecular weight excluding hydrogens is 909 g/mol. The molecule has 70 heavy (non-hydrogen) atoms. The van der Waals surface area contributed by atoms with Crippen molar-refractivity contribution in [3.8, 4) is 0 Å². The maximum Gasteiger partial charge on any atom is 0.397 e. The van der Waals surface area contributed by atoms with Gasteiger partial charge in [-0.25, -0.2) is 4.18 Å². The van der Waals surface area contributed by atoms with E-state index in [-0.39, 0.29) is 19.6 Å². The van der Waals surface area contributed by atoms with Crippen LogP contribution >= 0.6 is 0 Å². The topological polar surface area (TPSA) is 178 Å². The molecule has 6 unspecified atom stereocenters. The summed E-state index contributed by atoms with van der Waals surface area (Å²) in [6.07, 6.45) is 59.1. The van der Waals surface area contributed by atoms with E-state index in [4.69, 9.17) is 18.9 Å². The second kappa shape index (κ2) is 46.3. The summed E-state index contributed by atoms with van der Waals surface area (Å²) in [5.74, 6) is -0.436. The minimum atomic E-state index is -5.08. The van der Waals surface area contributed by atoms with Crippen LogP contribution < -0.4 is 0 Å². The SMILES string of the molecule is CC/C=C\C/C=C\C/C=C\C/C=C\C/C=C\C/C=C\CCCCCCCCC(=O)OC(COCCCC/C=C\C/C=C\C/C=C\C/C=C\C/C=C\CC)COC1OC(CO)C(O)C(OS(=O)(=O)O)C1O. The first kappa shape index (κ1) is 64.3. The number of ether oxygens (including phenoxy) is 4. The third-order valence-electron chi connectivity index (χ3n) is 10.8. The van der Waals surface area contributed by atoms with E-state index in [0.717, 1.165) is 128 Å². The predicted molar refractivity (Wildman–Crippen MR) is 284 cm³/mol. The Morgan fingerprint density at radius 3 is 1.37 bits per heavy atom. The third-order valence-corrected chi connectivity index (χ3v) is 11.2. The minimum Gasteiger partial charge on any atom is -0.457 e. The number of hydrogen-bond acceptors (Lipinski definition) is 11. The van der Waals surface area contributed by atoms with Gasteiger partial charge >= 0.3 is 16.4 Å². The molecule has 0 aliphatic carbocycles. The molecular formula is C57H90O12S. The van der Waals surface area contributed by atoms with Crippen molar-refractivity contribution >= 4 is 16.4 Å². The fourth-order valence-electron chi connectivity index (χ4n) is 6.94. The van der Waals surface area contributed by atoms with E-state index >= 15 is 0 Å². The van der Waals surface area contributed by atoms with Gasteiger partial charge in [-0.2, -0.15) is 8.42 Å². The largest absolute Gasteiger partial charge is 0.457 e. The summed E-state index contributed by atoms with van der Waals surface area (Å²) >= 11 is 0. The molecule has 1 aliphatic heterocycles. The lowest BCUT2D eigenvalue weighted by Gasteiger charge is -2.41. The molecule has 1 heterocycles. The zero-order chi connectivity index (χ0) is 51.0. The van der Waals surface area contributed by atoms with Gasteiger partial charge in [0.1, 0.15) is 30.5 Å². The summed E-state index contributed by atoms with van der Waals surface area (Å²) in [7, 11) is -5.08. The highest BCUT2D eigenvalue weighted by molar-refractivity contribution is 7.80. The second-order valence-electron chi connectivity index (χ2n) is 17.0. The molecule has 1 rings (SSSR count). The molecule has 0 aromatic heterocycles. The Kier molecular flexibility index (Phi) is 42.5. The number of unbranched alkanes of at least 4 members (excludes halogenated alkanes) is 8. The van der Waals surface area contributed by atoms with Crippen LogP contribution in [-0.2, 0) is 38.3 Å². The van der Waals surface area contributed by atoms with E-state index in [2.05, 4.69) is 152 Å². The summed E-state index contributed by atoms with van der Waals surface area (Å²) in [5, 5.41) is 30.8. The molecule has 0 aromatic carbocycles. The first-order valence-electron chi connectivity index (χ1n) is 25.9. The Labute approximate surface area is 423 Å². The fourth-order valence-corrected chi connectivity index (χ4v) is 7.44. The highest BCUT2D eigenvalue weighted by Gasteiger charge is 2.48. The number of aliphatic hydroxyl groups excluding tert-OH is 3. The second-order valence-corrected chi connectivity index (χ2v) is 18.0. The first-order valence-corrected chi connectivity index (χ1v) is 27.3. The average molecular weight is 999 g/mol. The molecule has 1 aliphatic rings.